The van der Waals surface area contributed by atoms with E-state index in [9.17, 15) is 0 Å². The van der Waals surface area contributed by atoms with Gasteiger partial charge in [-0.1, -0.05) is 5.57 Å². The van der Waals surface area contributed by atoms with Crippen LogP contribution in [0.5, 0.6) is 0 Å². The maximum absolute atomic E-state index is 8.46. The minimum Gasteiger partial charge on any atom is -0.356 e. The molecule has 0 saturated carbocycles. The van der Waals surface area contributed by atoms with Gasteiger partial charge < -0.3 is 9.47 Å². The van der Waals surface area contributed by atoms with Crippen LogP contribution in [0.2, 0.25) is 0 Å². The Bertz CT molecular complexity index is 217. The van der Waals surface area contributed by atoms with Gasteiger partial charge in [0.15, 0.2) is 6.29 Å². The average molecular weight is 167 g/mol. The average Bonchev–Trinajstić information content (AvgIpc) is 2.04. The zero-order valence-corrected chi connectivity index (χ0v) is 7.41. The van der Waals surface area contributed by atoms with E-state index in [-0.39, 0.29) is 12.4 Å². The van der Waals surface area contributed by atoms with E-state index in [0.29, 0.717) is 6.42 Å². The molecule has 1 fully saturated rings. The lowest BCUT2D eigenvalue weighted by molar-refractivity contribution is -0.162. The molecule has 3 nitrogen and oxygen atoms in total. The molecule has 0 bridgehead atoms. The summed E-state index contributed by atoms with van der Waals surface area (Å²) in [4.78, 5) is 0. The third kappa shape index (κ3) is 2.33. The van der Waals surface area contributed by atoms with Gasteiger partial charge in [-0.15, -0.1) is 0 Å². The van der Waals surface area contributed by atoms with Crippen LogP contribution in [0.4, 0.5) is 0 Å². The lowest BCUT2D eigenvalue weighted by Crippen LogP contribution is -2.28. The minimum atomic E-state index is -0.173. The standard InChI is InChI=1S/C9H13NO2/c1-7-5-8(3-4-10)6-9(11-2)12-7/h3,7,9H,5-6H2,1-2H3/b8-3+/t7-,9-/m1/s1. The summed E-state index contributed by atoms with van der Waals surface area (Å²) in [5.41, 5.74) is 1.11. The van der Waals surface area contributed by atoms with Crippen LogP contribution in [0.15, 0.2) is 11.6 Å². The van der Waals surface area contributed by atoms with Crippen LogP contribution in [-0.2, 0) is 9.47 Å². The molecule has 1 heterocycles. The van der Waals surface area contributed by atoms with Crippen molar-refractivity contribution in [2.45, 2.75) is 32.2 Å². The van der Waals surface area contributed by atoms with Crippen LogP contribution in [0.1, 0.15) is 19.8 Å². The van der Waals surface area contributed by atoms with E-state index in [1.54, 1.807) is 13.2 Å². The number of rotatable bonds is 1. The fourth-order valence-electron chi connectivity index (χ4n) is 1.37. The SMILES string of the molecule is CO[C@H]1C/C(=C/C#N)C[C@@H](C)O1. The van der Waals surface area contributed by atoms with E-state index < -0.39 is 0 Å². The van der Waals surface area contributed by atoms with Gasteiger partial charge in [-0.25, -0.2) is 0 Å². The topological polar surface area (TPSA) is 42.2 Å². The molecule has 2 atom stereocenters. The summed E-state index contributed by atoms with van der Waals surface area (Å²) in [7, 11) is 1.62. The first kappa shape index (κ1) is 9.24. The smallest absolute Gasteiger partial charge is 0.161 e. The van der Waals surface area contributed by atoms with Gasteiger partial charge in [0.1, 0.15) is 0 Å². The maximum atomic E-state index is 8.46. The van der Waals surface area contributed by atoms with E-state index in [2.05, 4.69) is 0 Å². The van der Waals surface area contributed by atoms with Crippen molar-refractivity contribution in [1.29, 1.82) is 5.26 Å². The molecule has 0 unspecified atom stereocenters. The molecule has 0 aliphatic carbocycles. The number of methoxy groups -OCH3 is 1. The molecule has 0 radical (unpaired) electrons. The third-order valence-electron chi connectivity index (χ3n) is 1.89. The highest BCUT2D eigenvalue weighted by Crippen LogP contribution is 2.23. The number of hydrogen-bond acceptors (Lipinski definition) is 3. The fraction of sp³-hybridized carbons (Fsp3) is 0.667. The predicted molar refractivity (Wildman–Crippen MR) is 44.3 cm³/mol. The Hall–Kier alpha value is -0.850. The lowest BCUT2D eigenvalue weighted by Gasteiger charge is -2.28. The fourth-order valence-corrected chi connectivity index (χ4v) is 1.37. The van der Waals surface area contributed by atoms with Crippen molar-refractivity contribution in [2.75, 3.05) is 7.11 Å². The predicted octanol–water partition coefficient (Wildman–Crippen LogP) is 1.61. The van der Waals surface area contributed by atoms with Gasteiger partial charge in [-0.2, -0.15) is 5.26 Å². The van der Waals surface area contributed by atoms with Crippen molar-refractivity contribution < 1.29 is 9.47 Å². The minimum absolute atomic E-state index is 0.156. The summed E-state index contributed by atoms with van der Waals surface area (Å²) in [5.74, 6) is 0. The zero-order chi connectivity index (χ0) is 8.97. The molecule has 66 valence electrons. The van der Waals surface area contributed by atoms with Crippen LogP contribution in [0.3, 0.4) is 0 Å². The summed E-state index contributed by atoms with van der Waals surface area (Å²) in [6.45, 7) is 1.98. The number of nitrogens with zero attached hydrogens (tertiary/aromatic N) is 1. The molecule has 3 heteroatoms. The Labute approximate surface area is 72.6 Å². The van der Waals surface area contributed by atoms with Crippen LogP contribution >= 0.6 is 0 Å². The summed E-state index contributed by atoms with van der Waals surface area (Å²) >= 11 is 0. The highest BCUT2D eigenvalue weighted by molar-refractivity contribution is 5.15. The first-order chi connectivity index (χ1) is 5.76. The van der Waals surface area contributed by atoms with Crippen molar-refractivity contribution in [3.8, 4) is 6.07 Å². The molecule has 0 amide bonds. The highest BCUT2D eigenvalue weighted by atomic mass is 16.7. The molecule has 0 spiro atoms. The van der Waals surface area contributed by atoms with Crippen LogP contribution in [0, 0.1) is 11.3 Å². The van der Waals surface area contributed by atoms with Crippen molar-refractivity contribution >= 4 is 0 Å². The van der Waals surface area contributed by atoms with Gasteiger partial charge >= 0.3 is 0 Å². The molecule has 12 heavy (non-hydrogen) atoms. The van der Waals surface area contributed by atoms with Gasteiger partial charge in [0, 0.05) is 19.6 Å². The van der Waals surface area contributed by atoms with Gasteiger partial charge in [-0.3, -0.25) is 0 Å². The summed E-state index contributed by atoms with van der Waals surface area (Å²) in [6.07, 6.45) is 3.13. The summed E-state index contributed by atoms with van der Waals surface area (Å²) in [5, 5.41) is 8.46. The Balaban J connectivity index is 2.58. The number of nitriles is 1. The van der Waals surface area contributed by atoms with E-state index in [1.807, 2.05) is 13.0 Å². The Morgan fingerprint density at radius 1 is 1.67 bits per heavy atom. The van der Waals surface area contributed by atoms with E-state index in [0.717, 1.165) is 12.0 Å². The van der Waals surface area contributed by atoms with E-state index >= 15 is 0 Å². The first-order valence-electron chi connectivity index (χ1n) is 4.02. The summed E-state index contributed by atoms with van der Waals surface area (Å²) in [6, 6.07) is 2.03. The number of hydrogen-bond donors (Lipinski definition) is 0. The Morgan fingerprint density at radius 3 is 3.00 bits per heavy atom. The van der Waals surface area contributed by atoms with E-state index in [1.165, 1.54) is 0 Å². The zero-order valence-electron chi connectivity index (χ0n) is 7.41. The molecule has 0 aromatic carbocycles. The van der Waals surface area contributed by atoms with Gasteiger partial charge in [0.05, 0.1) is 12.2 Å². The molecule has 0 aromatic rings. The second-order valence-corrected chi connectivity index (χ2v) is 2.95. The molecule has 0 N–H and O–H groups in total. The second kappa shape index (κ2) is 4.24. The highest BCUT2D eigenvalue weighted by Gasteiger charge is 2.21. The van der Waals surface area contributed by atoms with Crippen LogP contribution in [0.25, 0.3) is 0 Å². The van der Waals surface area contributed by atoms with Crippen LogP contribution < -0.4 is 0 Å². The summed E-state index contributed by atoms with van der Waals surface area (Å²) < 4.78 is 10.5. The van der Waals surface area contributed by atoms with Crippen LogP contribution in [-0.4, -0.2) is 19.5 Å². The largest absolute Gasteiger partial charge is 0.356 e. The van der Waals surface area contributed by atoms with Gasteiger partial charge in [-0.05, 0) is 13.3 Å². The van der Waals surface area contributed by atoms with Crippen molar-refractivity contribution in [1.82, 2.24) is 0 Å². The lowest BCUT2D eigenvalue weighted by atomic mass is 10.0. The third-order valence-corrected chi connectivity index (χ3v) is 1.89. The molecule has 1 rings (SSSR count). The molecule has 0 aromatic heterocycles. The quantitative estimate of drug-likeness (QED) is 0.557. The van der Waals surface area contributed by atoms with E-state index in [4.69, 9.17) is 14.7 Å². The molecular weight excluding hydrogens is 154 g/mol. The maximum Gasteiger partial charge on any atom is 0.161 e. The number of allylic oxidation sites excluding steroid dienone is 1. The Morgan fingerprint density at radius 2 is 2.42 bits per heavy atom. The monoisotopic (exact) mass is 167 g/mol. The number of ether oxygens (including phenoxy) is 2. The Kier molecular flexibility index (Phi) is 3.27. The molecular formula is C9H13NO2. The molecule has 1 saturated heterocycles. The van der Waals surface area contributed by atoms with Crippen molar-refractivity contribution in [3.05, 3.63) is 11.6 Å². The normalized spacial score (nSPS) is 33.2. The molecule has 1 aliphatic rings. The first-order valence-corrected chi connectivity index (χ1v) is 4.02. The molecule has 1 aliphatic heterocycles. The van der Waals surface area contributed by atoms with Gasteiger partial charge in [0.25, 0.3) is 0 Å². The second-order valence-electron chi connectivity index (χ2n) is 2.95. The van der Waals surface area contributed by atoms with Gasteiger partial charge in [0.2, 0.25) is 0 Å². The van der Waals surface area contributed by atoms with Crippen molar-refractivity contribution in [3.63, 3.8) is 0 Å². The van der Waals surface area contributed by atoms with Crippen molar-refractivity contribution in [2.24, 2.45) is 0 Å².